The van der Waals surface area contributed by atoms with Crippen LogP contribution in [-0.2, 0) is 4.79 Å². The van der Waals surface area contributed by atoms with Crippen molar-refractivity contribution in [2.75, 3.05) is 0 Å². The topological polar surface area (TPSA) is 57.5 Å². The van der Waals surface area contributed by atoms with Gasteiger partial charge in [-0.1, -0.05) is 11.1 Å². The fourth-order valence-corrected chi connectivity index (χ4v) is 1.12. The molecule has 0 amide bonds. The largest absolute Gasteiger partial charge is 0.481 e. The molecule has 0 spiro atoms. The zero-order valence-electron chi connectivity index (χ0n) is 9.42. The SMILES string of the molecule is CC(C)=C(C)CCC(C)(O)CC(=O)O. The molecule has 0 rings (SSSR count). The summed E-state index contributed by atoms with van der Waals surface area (Å²) in [6, 6.07) is 0. The Kier molecular flexibility index (Phi) is 4.85. The van der Waals surface area contributed by atoms with Crippen molar-refractivity contribution in [1.82, 2.24) is 0 Å². The normalized spacial score (nSPS) is 14.6. The van der Waals surface area contributed by atoms with E-state index in [-0.39, 0.29) is 6.42 Å². The van der Waals surface area contributed by atoms with Crippen molar-refractivity contribution >= 4 is 5.97 Å². The molecule has 0 saturated heterocycles. The van der Waals surface area contributed by atoms with Gasteiger partial charge >= 0.3 is 5.97 Å². The van der Waals surface area contributed by atoms with Crippen molar-refractivity contribution in [3.05, 3.63) is 11.1 Å². The highest BCUT2D eigenvalue weighted by molar-refractivity contribution is 5.68. The first-order valence-corrected chi connectivity index (χ1v) is 4.82. The summed E-state index contributed by atoms with van der Waals surface area (Å²) in [6.07, 6.45) is 1.06. The van der Waals surface area contributed by atoms with Crippen molar-refractivity contribution < 1.29 is 15.0 Å². The van der Waals surface area contributed by atoms with Crippen LogP contribution in [0.2, 0.25) is 0 Å². The molecule has 82 valence electrons. The summed E-state index contributed by atoms with van der Waals surface area (Å²) >= 11 is 0. The molecule has 0 bridgehead atoms. The number of carboxylic acids is 1. The molecule has 1 atom stereocenters. The monoisotopic (exact) mass is 200 g/mol. The Morgan fingerprint density at radius 2 is 1.79 bits per heavy atom. The lowest BCUT2D eigenvalue weighted by atomic mass is 9.93. The summed E-state index contributed by atoms with van der Waals surface area (Å²) in [5, 5.41) is 18.3. The number of carboxylic acid groups (broad SMARTS) is 1. The van der Waals surface area contributed by atoms with E-state index < -0.39 is 11.6 Å². The van der Waals surface area contributed by atoms with Gasteiger partial charge in [-0.15, -0.1) is 0 Å². The van der Waals surface area contributed by atoms with Crippen LogP contribution in [0.4, 0.5) is 0 Å². The van der Waals surface area contributed by atoms with Crippen molar-refractivity contribution in [2.24, 2.45) is 0 Å². The van der Waals surface area contributed by atoms with Crippen molar-refractivity contribution in [2.45, 2.75) is 52.6 Å². The molecule has 0 aliphatic heterocycles. The van der Waals surface area contributed by atoms with Gasteiger partial charge in [0.2, 0.25) is 0 Å². The molecule has 0 aliphatic carbocycles. The lowest BCUT2D eigenvalue weighted by molar-refractivity contribution is -0.142. The summed E-state index contributed by atoms with van der Waals surface area (Å²) in [4.78, 5) is 10.4. The lowest BCUT2D eigenvalue weighted by Crippen LogP contribution is -2.27. The van der Waals surface area contributed by atoms with Crippen LogP contribution in [0.3, 0.4) is 0 Å². The highest BCUT2D eigenvalue weighted by Crippen LogP contribution is 2.20. The van der Waals surface area contributed by atoms with E-state index in [4.69, 9.17) is 5.11 Å². The van der Waals surface area contributed by atoms with Gasteiger partial charge in [0.15, 0.2) is 0 Å². The minimum absolute atomic E-state index is 0.191. The molecule has 0 heterocycles. The summed E-state index contributed by atoms with van der Waals surface area (Å²) in [5.74, 6) is -0.954. The van der Waals surface area contributed by atoms with Crippen LogP contribution in [-0.4, -0.2) is 21.8 Å². The Balaban J connectivity index is 4.12. The van der Waals surface area contributed by atoms with E-state index in [1.165, 1.54) is 11.1 Å². The van der Waals surface area contributed by atoms with E-state index >= 15 is 0 Å². The van der Waals surface area contributed by atoms with E-state index in [2.05, 4.69) is 0 Å². The number of hydrogen-bond donors (Lipinski definition) is 2. The first kappa shape index (κ1) is 13.2. The third-order valence-electron chi connectivity index (χ3n) is 2.42. The van der Waals surface area contributed by atoms with Crippen molar-refractivity contribution in [3.8, 4) is 0 Å². The second-order valence-electron chi connectivity index (χ2n) is 4.35. The summed E-state index contributed by atoms with van der Waals surface area (Å²) in [5.41, 5.74) is 1.36. The summed E-state index contributed by atoms with van der Waals surface area (Å²) < 4.78 is 0. The highest BCUT2D eigenvalue weighted by Gasteiger charge is 2.23. The summed E-state index contributed by atoms with van der Waals surface area (Å²) in [7, 11) is 0. The molecule has 0 aromatic rings. The first-order valence-electron chi connectivity index (χ1n) is 4.82. The van der Waals surface area contributed by atoms with Gasteiger partial charge in [0, 0.05) is 0 Å². The average molecular weight is 200 g/mol. The van der Waals surface area contributed by atoms with E-state index in [9.17, 15) is 9.90 Å². The molecule has 0 fully saturated rings. The Hall–Kier alpha value is -0.830. The Morgan fingerprint density at radius 1 is 1.29 bits per heavy atom. The van der Waals surface area contributed by atoms with Gasteiger partial charge in [-0.3, -0.25) is 4.79 Å². The molecule has 3 heteroatoms. The van der Waals surface area contributed by atoms with E-state index in [0.29, 0.717) is 6.42 Å². The van der Waals surface area contributed by atoms with Crippen molar-refractivity contribution in [1.29, 1.82) is 0 Å². The maximum Gasteiger partial charge on any atom is 0.306 e. The summed E-state index contributed by atoms with van der Waals surface area (Å²) in [6.45, 7) is 7.61. The smallest absolute Gasteiger partial charge is 0.306 e. The standard InChI is InChI=1S/C11H20O3/c1-8(2)9(3)5-6-11(4,14)7-10(12)13/h14H,5-7H2,1-4H3,(H,12,13). The molecule has 2 N–H and O–H groups in total. The van der Waals surface area contributed by atoms with Gasteiger partial charge in [-0.05, 0) is 40.5 Å². The zero-order valence-corrected chi connectivity index (χ0v) is 9.42. The van der Waals surface area contributed by atoms with Crippen LogP contribution < -0.4 is 0 Å². The van der Waals surface area contributed by atoms with Crippen LogP contribution in [0.1, 0.15) is 47.0 Å². The number of hydrogen-bond acceptors (Lipinski definition) is 2. The molecular weight excluding hydrogens is 180 g/mol. The predicted octanol–water partition coefficient (Wildman–Crippen LogP) is 2.35. The third-order valence-corrected chi connectivity index (χ3v) is 2.42. The molecule has 0 aromatic carbocycles. The van der Waals surface area contributed by atoms with Crippen LogP contribution in [0.25, 0.3) is 0 Å². The van der Waals surface area contributed by atoms with Crippen LogP contribution in [0.15, 0.2) is 11.1 Å². The Bertz CT molecular complexity index is 235. The molecule has 0 aromatic heterocycles. The van der Waals surface area contributed by atoms with E-state index in [1.807, 2.05) is 20.8 Å². The van der Waals surface area contributed by atoms with Gasteiger partial charge in [0.25, 0.3) is 0 Å². The fourth-order valence-electron chi connectivity index (χ4n) is 1.12. The van der Waals surface area contributed by atoms with Crippen LogP contribution >= 0.6 is 0 Å². The lowest BCUT2D eigenvalue weighted by Gasteiger charge is -2.21. The van der Waals surface area contributed by atoms with Gasteiger partial charge in [0.1, 0.15) is 0 Å². The molecular formula is C11H20O3. The number of rotatable bonds is 5. The number of aliphatic hydroxyl groups is 1. The predicted molar refractivity (Wildman–Crippen MR) is 56.2 cm³/mol. The van der Waals surface area contributed by atoms with E-state index in [1.54, 1.807) is 6.92 Å². The molecule has 1 unspecified atom stereocenters. The van der Waals surface area contributed by atoms with Gasteiger partial charge < -0.3 is 10.2 Å². The van der Waals surface area contributed by atoms with Crippen molar-refractivity contribution in [3.63, 3.8) is 0 Å². The number of allylic oxidation sites excluding steroid dienone is 2. The molecule has 0 saturated carbocycles. The maximum absolute atomic E-state index is 10.4. The minimum Gasteiger partial charge on any atom is -0.481 e. The van der Waals surface area contributed by atoms with Gasteiger partial charge in [-0.2, -0.15) is 0 Å². The zero-order chi connectivity index (χ0) is 11.4. The Labute approximate surface area is 85.4 Å². The molecule has 3 nitrogen and oxygen atoms in total. The third kappa shape index (κ3) is 5.75. The molecule has 0 radical (unpaired) electrons. The second kappa shape index (κ2) is 5.15. The molecule has 14 heavy (non-hydrogen) atoms. The second-order valence-corrected chi connectivity index (χ2v) is 4.35. The van der Waals surface area contributed by atoms with Crippen LogP contribution in [0, 0.1) is 0 Å². The first-order chi connectivity index (χ1) is 6.24. The number of carbonyl (C=O) groups is 1. The quantitative estimate of drug-likeness (QED) is 0.670. The average Bonchev–Trinajstić information content (AvgIpc) is 1.97. The van der Waals surface area contributed by atoms with Crippen LogP contribution in [0.5, 0.6) is 0 Å². The Morgan fingerprint density at radius 3 is 2.14 bits per heavy atom. The number of aliphatic carboxylic acids is 1. The van der Waals surface area contributed by atoms with Gasteiger partial charge in [0.05, 0.1) is 12.0 Å². The van der Waals surface area contributed by atoms with E-state index in [0.717, 1.165) is 6.42 Å². The molecule has 0 aliphatic rings. The maximum atomic E-state index is 10.4. The highest BCUT2D eigenvalue weighted by atomic mass is 16.4. The fraction of sp³-hybridized carbons (Fsp3) is 0.727. The van der Waals surface area contributed by atoms with Gasteiger partial charge in [-0.25, -0.2) is 0 Å². The minimum atomic E-state index is -1.09.